The molecule has 4 fully saturated rings. The first-order chi connectivity index (χ1) is 25.9. The quantitative estimate of drug-likeness (QED) is 0.0730. The van der Waals surface area contributed by atoms with Gasteiger partial charge >= 0.3 is 5.97 Å². The van der Waals surface area contributed by atoms with Crippen LogP contribution in [-0.2, 0) is 42.7 Å². The Balaban J connectivity index is 1.66. The van der Waals surface area contributed by atoms with Gasteiger partial charge in [0, 0.05) is 6.42 Å². The lowest BCUT2D eigenvalue weighted by molar-refractivity contribution is -0.384. The summed E-state index contributed by atoms with van der Waals surface area (Å²) in [5, 5.41) is 166. The Morgan fingerprint density at radius 2 is 1.31 bits per heavy atom. The second-order valence-electron chi connectivity index (χ2n) is 13.4. The molecule has 0 aromatic heterocycles. The van der Waals surface area contributed by atoms with Crippen LogP contribution in [0.25, 0.3) is 0 Å². The van der Waals surface area contributed by atoms with Crippen LogP contribution in [-0.4, -0.2) is 255 Å². The molecule has 4 saturated heterocycles. The lowest BCUT2D eigenvalue weighted by Gasteiger charge is -2.49. The average Bonchev–Trinajstić information content (AvgIpc) is 3.16. The molecule has 0 aromatic carbocycles. The molecule has 4 rings (SSSR count). The maximum absolute atomic E-state index is 12.7. The van der Waals surface area contributed by atoms with Gasteiger partial charge in [-0.05, 0) is 0 Å². The first-order valence-corrected chi connectivity index (χ1v) is 16.9. The number of carboxylic acid groups (broad SMARTS) is 1. The molecular formula is C29H49NO25. The summed E-state index contributed by atoms with van der Waals surface area (Å²) in [6.07, 6.45) is -38.9. The molecular weight excluding hydrogens is 762 g/mol. The van der Waals surface area contributed by atoms with Crippen LogP contribution in [0.15, 0.2) is 0 Å². The van der Waals surface area contributed by atoms with Gasteiger partial charge in [-0.3, -0.25) is 4.79 Å². The topological polar surface area (TPSA) is 434 Å². The standard InChI is InChI=1S/C29H49NO25/c31-2-8(36)14(38)23-13(30-12(37)5-34)7(35)1-29(55-23,28(47)48)49-6-11-16(40)24(54-26-20(44)17(41)15(39)9(3-32)51-26)21(45)27(52-11)53-22-10(4-33)50-25(46)19(43)18(22)42/h7-11,13-27,31-36,38-46H,1-6H2,(H,30,37)(H,47,48)/t7-,8+,9+,10+,11+,13+,14+,15-,16-,17-,18+,19+,20+,21+,22+,23+,24-,25+,26-,27-,29+/m0/s1. The smallest absolute Gasteiger partial charge is 0.364 e. The molecule has 17 N–H and O–H groups in total. The van der Waals surface area contributed by atoms with Crippen LogP contribution >= 0.6 is 0 Å². The van der Waals surface area contributed by atoms with Gasteiger partial charge in [-0.15, -0.1) is 0 Å². The molecule has 26 heteroatoms. The summed E-state index contributed by atoms with van der Waals surface area (Å²) in [6, 6.07) is -1.72. The second-order valence-corrected chi connectivity index (χ2v) is 13.4. The van der Waals surface area contributed by atoms with Gasteiger partial charge in [-0.25, -0.2) is 4.79 Å². The van der Waals surface area contributed by atoms with Crippen molar-refractivity contribution in [2.75, 3.05) is 33.0 Å². The summed E-state index contributed by atoms with van der Waals surface area (Å²) in [6.45, 7) is -5.26. The van der Waals surface area contributed by atoms with Gasteiger partial charge in [0.2, 0.25) is 5.91 Å². The third-order valence-corrected chi connectivity index (χ3v) is 9.68. The number of carbonyl (C=O) groups excluding carboxylic acids is 1. The van der Waals surface area contributed by atoms with Crippen molar-refractivity contribution < 1.29 is 124 Å². The minimum absolute atomic E-state index is 0.916. The van der Waals surface area contributed by atoms with Crippen LogP contribution in [0.4, 0.5) is 0 Å². The van der Waals surface area contributed by atoms with E-state index in [1.165, 1.54) is 0 Å². The molecule has 4 heterocycles. The Morgan fingerprint density at radius 1 is 0.709 bits per heavy atom. The van der Waals surface area contributed by atoms with E-state index in [2.05, 4.69) is 5.32 Å². The average molecular weight is 812 g/mol. The first kappa shape index (κ1) is 45.8. The number of nitrogens with one attached hydrogen (secondary N) is 1. The summed E-state index contributed by atoms with van der Waals surface area (Å²) in [7, 11) is 0. The molecule has 0 saturated carbocycles. The number of carboxylic acids is 1. The van der Waals surface area contributed by atoms with Crippen LogP contribution in [0.3, 0.4) is 0 Å². The fourth-order valence-electron chi connectivity index (χ4n) is 6.53. The number of aliphatic carboxylic acids is 1. The maximum Gasteiger partial charge on any atom is 0.364 e. The Bertz CT molecular complexity index is 1250. The summed E-state index contributed by atoms with van der Waals surface area (Å²) >= 11 is 0. The normalized spacial score (nSPS) is 46.5. The van der Waals surface area contributed by atoms with Gasteiger partial charge in [0.1, 0.15) is 98.2 Å². The Kier molecular flexibility index (Phi) is 16.0. The van der Waals surface area contributed by atoms with Crippen LogP contribution in [0.1, 0.15) is 6.42 Å². The summed E-state index contributed by atoms with van der Waals surface area (Å²) in [5.41, 5.74) is 0. The Labute approximate surface area is 309 Å². The molecule has 21 atom stereocenters. The van der Waals surface area contributed by atoms with Crippen molar-refractivity contribution in [2.24, 2.45) is 0 Å². The van der Waals surface area contributed by atoms with Crippen molar-refractivity contribution in [1.82, 2.24) is 5.32 Å². The van der Waals surface area contributed by atoms with E-state index in [0.29, 0.717) is 0 Å². The van der Waals surface area contributed by atoms with E-state index in [9.17, 15) is 91.3 Å². The number of aliphatic hydroxyl groups excluding tert-OH is 15. The number of hydrogen-bond donors (Lipinski definition) is 17. The Hall–Kier alpha value is -1.94. The van der Waals surface area contributed by atoms with Gasteiger partial charge in [-0.1, -0.05) is 0 Å². The predicted molar refractivity (Wildman–Crippen MR) is 164 cm³/mol. The Morgan fingerprint density at radius 3 is 1.89 bits per heavy atom. The van der Waals surface area contributed by atoms with Crippen molar-refractivity contribution in [3.63, 3.8) is 0 Å². The minimum atomic E-state index is -3.03. The number of amides is 1. The van der Waals surface area contributed by atoms with Crippen LogP contribution < -0.4 is 5.32 Å². The maximum atomic E-state index is 12.7. The van der Waals surface area contributed by atoms with Gasteiger partial charge in [0.05, 0.1) is 38.6 Å². The number of rotatable bonds is 15. The molecule has 4 aliphatic heterocycles. The highest BCUT2D eigenvalue weighted by Gasteiger charge is 2.58. The number of carbonyl (C=O) groups is 2. The fraction of sp³-hybridized carbons (Fsp3) is 0.931. The highest BCUT2D eigenvalue weighted by atomic mass is 16.8. The van der Waals surface area contributed by atoms with Crippen LogP contribution in [0.5, 0.6) is 0 Å². The van der Waals surface area contributed by atoms with E-state index < -0.39 is 180 Å². The van der Waals surface area contributed by atoms with Crippen molar-refractivity contribution >= 4 is 11.9 Å². The second kappa shape index (κ2) is 19.2. The third-order valence-electron chi connectivity index (χ3n) is 9.68. The molecule has 0 spiro atoms. The van der Waals surface area contributed by atoms with Crippen molar-refractivity contribution in [3.05, 3.63) is 0 Å². The van der Waals surface area contributed by atoms with Gasteiger partial charge in [0.25, 0.3) is 5.79 Å². The summed E-state index contributed by atoms with van der Waals surface area (Å²) in [4.78, 5) is 24.7. The van der Waals surface area contributed by atoms with E-state index in [1.807, 2.05) is 0 Å². The monoisotopic (exact) mass is 811 g/mol. The zero-order valence-corrected chi connectivity index (χ0v) is 28.6. The molecule has 0 aliphatic carbocycles. The minimum Gasteiger partial charge on any atom is -0.477 e. The van der Waals surface area contributed by atoms with E-state index in [-0.39, 0.29) is 0 Å². The van der Waals surface area contributed by atoms with E-state index >= 15 is 0 Å². The molecule has 55 heavy (non-hydrogen) atoms. The number of aliphatic hydroxyl groups is 15. The van der Waals surface area contributed by atoms with Gasteiger partial charge in [0.15, 0.2) is 18.9 Å². The lowest BCUT2D eigenvalue weighted by atomic mass is 9.88. The van der Waals surface area contributed by atoms with Crippen molar-refractivity contribution in [3.8, 4) is 0 Å². The molecule has 0 aromatic rings. The zero-order valence-electron chi connectivity index (χ0n) is 28.6. The van der Waals surface area contributed by atoms with Crippen molar-refractivity contribution in [2.45, 2.75) is 135 Å². The highest BCUT2D eigenvalue weighted by Crippen LogP contribution is 2.36. The fourth-order valence-corrected chi connectivity index (χ4v) is 6.53. The highest BCUT2D eigenvalue weighted by molar-refractivity contribution is 5.78. The van der Waals surface area contributed by atoms with Crippen LogP contribution in [0, 0.1) is 0 Å². The largest absolute Gasteiger partial charge is 0.477 e. The van der Waals surface area contributed by atoms with Gasteiger partial charge < -0.3 is 120 Å². The number of ether oxygens (including phenoxy) is 7. The predicted octanol–water partition coefficient (Wildman–Crippen LogP) is -11.4. The number of hydrogen-bond acceptors (Lipinski definition) is 24. The summed E-state index contributed by atoms with van der Waals surface area (Å²) < 4.78 is 38.2. The van der Waals surface area contributed by atoms with E-state index in [1.54, 1.807) is 0 Å². The van der Waals surface area contributed by atoms with Crippen LogP contribution in [0.2, 0.25) is 0 Å². The molecule has 4 aliphatic rings. The third kappa shape index (κ3) is 9.69. The molecule has 0 unspecified atom stereocenters. The molecule has 1 amide bonds. The SMILES string of the molecule is O=C(CO)N[C@H]1[C@H]([C@H](O)[C@H](O)CO)O[C@@](OC[C@H]2O[C@@H](O[C@H]3[C@H](O)[C@@H](O)[C@H](O)O[C@@H]3CO)[C@H](O)[C@@H](O[C@@H]3O[C@H](CO)[C@H](O)[C@H](O)[C@H]3O)[C@H]2O)(C(=O)O)C[C@@H]1O. The zero-order chi connectivity index (χ0) is 41.1. The first-order valence-electron chi connectivity index (χ1n) is 16.9. The molecule has 26 nitrogen and oxygen atoms in total. The van der Waals surface area contributed by atoms with E-state index in [0.717, 1.165) is 0 Å². The lowest BCUT2D eigenvalue weighted by Crippen LogP contribution is -2.69. The molecule has 320 valence electrons. The van der Waals surface area contributed by atoms with Gasteiger partial charge in [-0.2, -0.15) is 0 Å². The molecule has 0 radical (unpaired) electrons. The summed E-state index contributed by atoms with van der Waals surface area (Å²) in [5.74, 6) is -6.15. The van der Waals surface area contributed by atoms with E-state index in [4.69, 9.17) is 33.2 Å². The molecule has 0 bridgehead atoms. The van der Waals surface area contributed by atoms with Crippen molar-refractivity contribution in [1.29, 1.82) is 0 Å².